The molecular formula is C13H9FIN3O. The van der Waals surface area contributed by atoms with Gasteiger partial charge in [0.05, 0.1) is 12.1 Å². The van der Waals surface area contributed by atoms with Crippen molar-refractivity contribution in [3.05, 3.63) is 62.0 Å². The molecule has 2 aromatic heterocycles. The van der Waals surface area contributed by atoms with Crippen molar-refractivity contribution in [1.82, 2.24) is 14.5 Å². The quantitative estimate of drug-likeness (QED) is 0.706. The Morgan fingerprint density at radius 1 is 1.37 bits per heavy atom. The summed E-state index contributed by atoms with van der Waals surface area (Å²) in [6.45, 7) is 0.318. The Morgan fingerprint density at radius 3 is 3.00 bits per heavy atom. The molecule has 2 heterocycles. The molecule has 0 aliphatic carbocycles. The van der Waals surface area contributed by atoms with Gasteiger partial charge in [-0.3, -0.25) is 9.55 Å². The van der Waals surface area contributed by atoms with Gasteiger partial charge in [0, 0.05) is 9.77 Å². The van der Waals surface area contributed by atoms with E-state index in [1.54, 1.807) is 22.9 Å². The molecule has 3 rings (SSSR count). The van der Waals surface area contributed by atoms with Gasteiger partial charge in [0.2, 0.25) is 0 Å². The smallest absolute Gasteiger partial charge is 0.290 e. The minimum atomic E-state index is -0.307. The Hall–Kier alpha value is -1.70. The third kappa shape index (κ3) is 2.40. The van der Waals surface area contributed by atoms with Gasteiger partial charge < -0.3 is 0 Å². The van der Waals surface area contributed by atoms with Crippen LogP contribution in [0.15, 0.2) is 41.3 Å². The molecule has 0 saturated heterocycles. The van der Waals surface area contributed by atoms with Gasteiger partial charge in [-0.1, -0.05) is 12.1 Å². The number of hydrogen-bond acceptors (Lipinski definition) is 2. The van der Waals surface area contributed by atoms with Crippen molar-refractivity contribution < 1.29 is 4.39 Å². The third-order valence-corrected chi connectivity index (χ3v) is 3.42. The number of aromatic nitrogens is 3. The molecule has 0 spiro atoms. The van der Waals surface area contributed by atoms with E-state index in [1.165, 1.54) is 12.1 Å². The van der Waals surface area contributed by atoms with Crippen LogP contribution < -0.4 is 5.69 Å². The van der Waals surface area contributed by atoms with Gasteiger partial charge in [-0.05, 0) is 46.4 Å². The first kappa shape index (κ1) is 12.3. The first-order valence-electron chi connectivity index (χ1n) is 5.62. The standard InChI is InChI=1S/C13H9FIN3O/c14-9-3-1-2-8(4-9)7-18-11-5-10(15)6-16-12(11)17-13(18)19/h1-6H,7H2,(H,16,17,19). The second-order valence-electron chi connectivity index (χ2n) is 4.17. The van der Waals surface area contributed by atoms with E-state index in [0.29, 0.717) is 12.2 Å². The summed E-state index contributed by atoms with van der Waals surface area (Å²) in [5, 5.41) is 0. The Balaban J connectivity index is 2.12. The highest BCUT2D eigenvalue weighted by atomic mass is 127. The van der Waals surface area contributed by atoms with Gasteiger partial charge in [-0.15, -0.1) is 0 Å². The number of hydrogen-bond donors (Lipinski definition) is 1. The molecule has 4 nitrogen and oxygen atoms in total. The van der Waals surface area contributed by atoms with Crippen LogP contribution in [0.3, 0.4) is 0 Å². The van der Waals surface area contributed by atoms with Crippen molar-refractivity contribution >= 4 is 33.8 Å². The lowest BCUT2D eigenvalue weighted by molar-refractivity contribution is 0.623. The van der Waals surface area contributed by atoms with Crippen molar-refractivity contribution in [1.29, 1.82) is 0 Å². The van der Waals surface area contributed by atoms with E-state index in [0.717, 1.165) is 14.7 Å². The number of nitrogens with zero attached hydrogens (tertiary/aromatic N) is 2. The van der Waals surface area contributed by atoms with E-state index >= 15 is 0 Å². The molecule has 19 heavy (non-hydrogen) atoms. The molecule has 0 unspecified atom stereocenters. The fourth-order valence-corrected chi connectivity index (χ4v) is 2.42. The number of halogens is 2. The summed E-state index contributed by atoms with van der Waals surface area (Å²) in [6, 6.07) is 8.10. The summed E-state index contributed by atoms with van der Waals surface area (Å²) in [7, 11) is 0. The summed E-state index contributed by atoms with van der Waals surface area (Å²) < 4.78 is 15.7. The van der Waals surface area contributed by atoms with Gasteiger partial charge in [-0.25, -0.2) is 14.2 Å². The predicted molar refractivity (Wildman–Crippen MR) is 78.6 cm³/mol. The number of H-pyrrole nitrogens is 1. The fourth-order valence-electron chi connectivity index (χ4n) is 1.98. The van der Waals surface area contributed by atoms with Crippen LogP contribution in [0.1, 0.15) is 5.56 Å². The second-order valence-corrected chi connectivity index (χ2v) is 5.41. The molecule has 0 radical (unpaired) electrons. The van der Waals surface area contributed by atoms with E-state index in [2.05, 4.69) is 32.6 Å². The molecule has 0 atom stereocenters. The van der Waals surface area contributed by atoms with Crippen molar-refractivity contribution in [3.8, 4) is 0 Å². The largest absolute Gasteiger partial charge is 0.327 e. The predicted octanol–water partition coefficient (Wildman–Crippen LogP) is 2.52. The highest BCUT2D eigenvalue weighted by Crippen LogP contribution is 2.13. The van der Waals surface area contributed by atoms with Gasteiger partial charge in [0.15, 0.2) is 5.65 Å². The van der Waals surface area contributed by atoms with E-state index in [9.17, 15) is 9.18 Å². The lowest BCUT2D eigenvalue weighted by atomic mass is 10.2. The zero-order valence-corrected chi connectivity index (χ0v) is 11.9. The first-order valence-corrected chi connectivity index (χ1v) is 6.70. The topological polar surface area (TPSA) is 50.7 Å². The van der Waals surface area contributed by atoms with Crippen molar-refractivity contribution in [2.45, 2.75) is 6.54 Å². The van der Waals surface area contributed by atoms with Gasteiger partial charge in [-0.2, -0.15) is 0 Å². The van der Waals surface area contributed by atoms with Gasteiger partial charge >= 0.3 is 5.69 Å². The molecule has 0 saturated carbocycles. The van der Waals surface area contributed by atoms with Crippen molar-refractivity contribution in [2.75, 3.05) is 0 Å². The van der Waals surface area contributed by atoms with E-state index < -0.39 is 0 Å². The normalized spacial score (nSPS) is 11.1. The Labute approximate surface area is 121 Å². The first-order chi connectivity index (χ1) is 9.13. The number of fused-ring (bicyclic) bond motifs is 1. The van der Waals surface area contributed by atoms with Crippen molar-refractivity contribution in [3.63, 3.8) is 0 Å². The maximum Gasteiger partial charge on any atom is 0.327 e. The van der Waals surface area contributed by atoms with E-state index in [4.69, 9.17) is 0 Å². The molecule has 1 N–H and O–H groups in total. The van der Waals surface area contributed by atoms with Crippen LogP contribution in [0.2, 0.25) is 0 Å². The maximum atomic E-state index is 13.2. The molecule has 0 bridgehead atoms. The molecule has 0 aliphatic heterocycles. The Morgan fingerprint density at radius 2 is 2.21 bits per heavy atom. The highest BCUT2D eigenvalue weighted by Gasteiger charge is 2.09. The second kappa shape index (κ2) is 4.76. The molecule has 3 aromatic rings. The monoisotopic (exact) mass is 369 g/mol. The number of pyridine rings is 1. The highest BCUT2D eigenvalue weighted by molar-refractivity contribution is 14.1. The zero-order valence-electron chi connectivity index (χ0n) is 9.73. The third-order valence-electron chi connectivity index (χ3n) is 2.83. The molecular weight excluding hydrogens is 360 g/mol. The van der Waals surface area contributed by atoms with Crippen LogP contribution in [-0.4, -0.2) is 14.5 Å². The molecule has 0 amide bonds. The van der Waals surface area contributed by atoms with Crippen LogP contribution in [0.25, 0.3) is 11.2 Å². The van der Waals surface area contributed by atoms with Gasteiger partial charge in [0.1, 0.15) is 5.82 Å². The fraction of sp³-hybridized carbons (Fsp3) is 0.0769. The number of aromatic amines is 1. The molecule has 0 aliphatic rings. The maximum absolute atomic E-state index is 13.2. The number of nitrogens with one attached hydrogen (secondary N) is 1. The molecule has 1 aromatic carbocycles. The summed E-state index contributed by atoms with van der Waals surface area (Å²) in [4.78, 5) is 18.8. The van der Waals surface area contributed by atoms with E-state index in [1.807, 2.05) is 6.07 Å². The van der Waals surface area contributed by atoms with Crippen LogP contribution >= 0.6 is 22.6 Å². The molecule has 0 fully saturated rings. The summed E-state index contributed by atoms with van der Waals surface area (Å²) in [5.41, 5.74) is 1.76. The lowest BCUT2D eigenvalue weighted by Crippen LogP contribution is -2.17. The Kier molecular flexibility index (Phi) is 3.09. The summed E-state index contributed by atoms with van der Waals surface area (Å²) in [6.07, 6.45) is 1.69. The summed E-state index contributed by atoms with van der Waals surface area (Å²) in [5.74, 6) is -0.307. The number of rotatable bonds is 2. The van der Waals surface area contributed by atoms with Crippen molar-refractivity contribution in [2.24, 2.45) is 0 Å². The van der Waals surface area contributed by atoms with Crippen LogP contribution in [-0.2, 0) is 6.54 Å². The minimum absolute atomic E-state index is 0.242. The van der Waals surface area contributed by atoms with Crippen LogP contribution in [0.5, 0.6) is 0 Å². The number of imidazole rings is 1. The molecule has 96 valence electrons. The van der Waals surface area contributed by atoms with Crippen LogP contribution in [0, 0.1) is 9.39 Å². The zero-order chi connectivity index (χ0) is 13.4. The summed E-state index contributed by atoms with van der Waals surface area (Å²) >= 11 is 2.14. The van der Waals surface area contributed by atoms with E-state index in [-0.39, 0.29) is 11.5 Å². The minimum Gasteiger partial charge on any atom is -0.290 e. The molecule has 6 heteroatoms. The van der Waals surface area contributed by atoms with Gasteiger partial charge in [0.25, 0.3) is 0 Å². The van der Waals surface area contributed by atoms with Crippen LogP contribution in [0.4, 0.5) is 4.39 Å². The lowest BCUT2D eigenvalue weighted by Gasteiger charge is -2.03. The SMILES string of the molecule is O=c1[nH]c2ncc(I)cc2n1Cc1cccc(F)c1. The number of benzene rings is 1. The Bertz CT molecular complexity index is 809. The average molecular weight is 369 g/mol. The average Bonchev–Trinajstić information content (AvgIpc) is 2.66.